The molecule has 4 rings (SSSR count). The summed E-state index contributed by atoms with van der Waals surface area (Å²) in [6.45, 7) is 3.35. The smallest absolute Gasteiger partial charge is 0.328 e. The first-order chi connectivity index (χ1) is 14.6. The molecule has 0 atom stereocenters. The Balaban J connectivity index is 1.51. The number of amides is 3. The van der Waals surface area contributed by atoms with Gasteiger partial charge in [-0.05, 0) is 36.1 Å². The summed E-state index contributed by atoms with van der Waals surface area (Å²) in [7, 11) is 1.61. The van der Waals surface area contributed by atoms with Crippen molar-refractivity contribution in [1.29, 1.82) is 0 Å². The number of likely N-dealkylation sites (tertiary alicyclic amines) is 1. The highest BCUT2D eigenvalue weighted by Crippen LogP contribution is 2.38. The van der Waals surface area contributed by atoms with Crippen molar-refractivity contribution in [3.05, 3.63) is 60.2 Å². The molecule has 8 nitrogen and oxygen atoms in total. The first kappa shape index (κ1) is 20.4. The Morgan fingerprint density at radius 1 is 1.00 bits per heavy atom. The minimum atomic E-state index is -0.788. The van der Waals surface area contributed by atoms with Crippen molar-refractivity contribution in [2.45, 2.75) is 31.5 Å². The lowest BCUT2D eigenvalue weighted by Gasteiger charge is -2.42. The van der Waals surface area contributed by atoms with Crippen LogP contribution in [0.4, 0.5) is 4.79 Å². The van der Waals surface area contributed by atoms with Crippen molar-refractivity contribution in [2.75, 3.05) is 33.4 Å². The molecule has 0 unspecified atom stereocenters. The summed E-state index contributed by atoms with van der Waals surface area (Å²) >= 11 is 0. The standard InChI is InChI=1S/C22H27N5O3/c1-30-13-12-27-21(29)26(17-19-5-3-9-24-15-19)20(28)22(27)6-10-25(11-7-22)16-18-4-2-8-23-14-18/h2-5,8-9,14-15H,6-7,10-13,16-17H2,1H3. The molecule has 1 spiro atoms. The van der Waals surface area contributed by atoms with Crippen LogP contribution < -0.4 is 0 Å². The maximum Gasteiger partial charge on any atom is 0.328 e. The molecule has 0 saturated carbocycles. The summed E-state index contributed by atoms with van der Waals surface area (Å²) in [6, 6.07) is 7.46. The van der Waals surface area contributed by atoms with E-state index in [2.05, 4.69) is 20.9 Å². The zero-order chi connectivity index (χ0) is 21.0. The molecule has 30 heavy (non-hydrogen) atoms. The molecule has 2 aliphatic heterocycles. The third-order valence-electron chi connectivity index (χ3n) is 6.02. The molecule has 4 heterocycles. The van der Waals surface area contributed by atoms with E-state index in [-0.39, 0.29) is 18.5 Å². The van der Waals surface area contributed by atoms with Gasteiger partial charge < -0.3 is 9.64 Å². The van der Waals surface area contributed by atoms with E-state index >= 15 is 0 Å². The maximum atomic E-state index is 13.5. The van der Waals surface area contributed by atoms with Crippen molar-refractivity contribution < 1.29 is 14.3 Å². The zero-order valence-electron chi connectivity index (χ0n) is 17.2. The second kappa shape index (κ2) is 8.89. The molecule has 0 aromatic carbocycles. The quantitative estimate of drug-likeness (QED) is 0.650. The number of hydrogen-bond donors (Lipinski definition) is 0. The number of pyridine rings is 2. The Labute approximate surface area is 176 Å². The molecule has 2 aromatic heterocycles. The van der Waals surface area contributed by atoms with Gasteiger partial charge in [-0.1, -0.05) is 12.1 Å². The van der Waals surface area contributed by atoms with Gasteiger partial charge in [-0.15, -0.1) is 0 Å². The van der Waals surface area contributed by atoms with Crippen molar-refractivity contribution in [2.24, 2.45) is 0 Å². The molecule has 158 valence electrons. The van der Waals surface area contributed by atoms with Gasteiger partial charge in [0.05, 0.1) is 13.2 Å². The first-order valence-corrected chi connectivity index (χ1v) is 10.3. The van der Waals surface area contributed by atoms with Gasteiger partial charge in [-0.3, -0.25) is 24.6 Å². The maximum absolute atomic E-state index is 13.5. The Hall–Kier alpha value is -2.84. The third kappa shape index (κ3) is 3.93. The molecule has 0 radical (unpaired) electrons. The summed E-state index contributed by atoms with van der Waals surface area (Å²) in [4.78, 5) is 40.4. The normalized spacial score (nSPS) is 19.1. The molecular weight excluding hydrogens is 382 g/mol. The summed E-state index contributed by atoms with van der Waals surface area (Å²) in [5.74, 6) is -0.103. The fourth-order valence-electron chi connectivity index (χ4n) is 4.40. The molecular formula is C22H27N5O3. The van der Waals surface area contributed by atoms with E-state index in [1.807, 2.05) is 24.4 Å². The number of rotatable bonds is 7. The molecule has 8 heteroatoms. The Morgan fingerprint density at radius 3 is 2.20 bits per heavy atom. The van der Waals surface area contributed by atoms with Crippen molar-refractivity contribution in [3.63, 3.8) is 0 Å². The molecule has 2 aliphatic rings. The van der Waals surface area contributed by atoms with Crippen LogP contribution in [0.5, 0.6) is 0 Å². The molecule has 0 N–H and O–H groups in total. The van der Waals surface area contributed by atoms with Gasteiger partial charge in [0.1, 0.15) is 5.54 Å². The Kier molecular flexibility index (Phi) is 6.06. The molecule has 2 saturated heterocycles. The predicted octanol–water partition coefficient (Wildman–Crippen LogP) is 1.92. The number of nitrogens with zero attached hydrogens (tertiary/aromatic N) is 5. The SMILES string of the molecule is COCCN1C(=O)N(Cc2cccnc2)C(=O)C12CCN(Cc1cccnc1)CC2. The first-order valence-electron chi connectivity index (χ1n) is 10.3. The van der Waals surface area contributed by atoms with E-state index in [9.17, 15) is 9.59 Å². The largest absolute Gasteiger partial charge is 0.383 e. The number of aromatic nitrogens is 2. The predicted molar refractivity (Wildman–Crippen MR) is 110 cm³/mol. The summed E-state index contributed by atoms with van der Waals surface area (Å²) in [5.41, 5.74) is 1.21. The fraction of sp³-hybridized carbons (Fsp3) is 0.455. The van der Waals surface area contributed by atoms with Crippen LogP contribution in [0.3, 0.4) is 0 Å². The monoisotopic (exact) mass is 409 g/mol. The lowest BCUT2D eigenvalue weighted by Crippen LogP contribution is -2.57. The van der Waals surface area contributed by atoms with Gasteiger partial charge >= 0.3 is 6.03 Å². The molecule has 0 aliphatic carbocycles. The van der Waals surface area contributed by atoms with Crippen LogP contribution in [0, 0.1) is 0 Å². The van der Waals surface area contributed by atoms with E-state index in [4.69, 9.17) is 4.74 Å². The highest BCUT2D eigenvalue weighted by molar-refractivity contribution is 6.07. The van der Waals surface area contributed by atoms with Gasteiger partial charge in [0, 0.05) is 58.1 Å². The van der Waals surface area contributed by atoms with E-state index in [0.29, 0.717) is 26.0 Å². The van der Waals surface area contributed by atoms with Crippen LogP contribution in [-0.4, -0.2) is 75.5 Å². The number of piperidine rings is 1. The fourth-order valence-corrected chi connectivity index (χ4v) is 4.40. The van der Waals surface area contributed by atoms with E-state index in [1.165, 1.54) is 4.90 Å². The van der Waals surface area contributed by atoms with Crippen LogP contribution in [0.2, 0.25) is 0 Å². The summed E-state index contributed by atoms with van der Waals surface area (Å²) in [6.07, 6.45) is 8.25. The second-order valence-electron chi connectivity index (χ2n) is 7.85. The van der Waals surface area contributed by atoms with Gasteiger partial charge in [-0.2, -0.15) is 0 Å². The third-order valence-corrected chi connectivity index (χ3v) is 6.02. The van der Waals surface area contributed by atoms with Gasteiger partial charge in [0.15, 0.2) is 0 Å². The summed E-state index contributed by atoms with van der Waals surface area (Å²) < 4.78 is 5.22. The number of urea groups is 1. The topological polar surface area (TPSA) is 78.9 Å². The van der Waals surface area contributed by atoms with Crippen LogP contribution >= 0.6 is 0 Å². The van der Waals surface area contributed by atoms with Gasteiger partial charge in [0.2, 0.25) is 0 Å². The zero-order valence-corrected chi connectivity index (χ0v) is 17.2. The summed E-state index contributed by atoms with van der Waals surface area (Å²) in [5, 5.41) is 0. The van der Waals surface area contributed by atoms with Crippen molar-refractivity contribution >= 4 is 11.9 Å². The van der Waals surface area contributed by atoms with Crippen molar-refractivity contribution in [3.8, 4) is 0 Å². The average molecular weight is 409 g/mol. The number of hydrogen-bond acceptors (Lipinski definition) is 6. The highest BCUT2D eigenvalue weighted by atomic mass is 16.5. The van der Waals surface area contributed by atoms with Crippen LogP contribution in [-0.2, 0) is 22.6 Å². The van der Waals surface area contributed by atoms with E-state index in [0.717, 1.165) is 30.8 Å². The molecule has 2 fully saturated rings. The number of imide groups is 1. The van der Waals surface area contributed by atoms with Gasteiger partial charge in [0.25, 0.3) is 5.91 Å². The molecule has 3 amide bonds. The highest BCUT2D eigenvalue weighted by Gasteiger charge is 2.57. The van der Waals surface area contributed by atoms with Crippen LogP contribution in [0.25, 0.3) is 0 Å². The minimum Gasteiger partial charge on any atom is -0.383 e. The van der Waals surface area contributed by atoms with E-state index < -0.39 is 5.54 Å². The lowest BCUT2D eigenvalue weighted by atomic mass is 9.85. The lowest BCUT2D eigenvalue weighted by molar-refractivity contribution is -0.136. The van der Waals surface area contributed by atoms with Gasteiger partial charge in [-0.25, -0.2) is 4.79 Å². The second-order valence-corrected chi connectivity index (χ2v) is 7.85. The van der Waals surface area contributed by atoms with E-state index in [1.54, 1.807) is 30.6 Å². The molecule has 2 aromatic rings. The minimum absolute atomic E-state index is 0.103. The molecule has 0 bridgehead atoms. The number of carbonyl (C=O) groups excluding carboxylic acids is 2. The Morgan fingerprint density at radius 2 is 1.63 bits per heavy atom. The Bertz CT molecular complexity index is 869. The number of carbonyl (C=O) groups is 2. The number of ether oxygens (including phenoxy) is 1. The number of methoxy groups -OCH3 is 1. The van der Waals surface area contributed by atoms with Crippen molar-refractivity contribution in [1.82, 2.24) is 24.7 Å². The van der Waals surface area contributed by atoms with Crippen LogP contribution in [0.15, 0.2) is 49.1 Å². The average Bonchev–Trinajstić information content (AvgIpc) is 2.96. The van der Waals surface area contributed by atoms with Crippen LogP contribution in [0.1, 0.15) is 24.0 Å².